The van der Waals surface area contributed by atoms with E-state index in [0.717, 1.165) is 18.7 Å². The number of aliphatic hydroxyl groups excluding tert-OH is 1. The summed E-state index contributed by atoms with van der Waals surface area (Å²) >= 11 is 0. The summed E-state index contributed by atoms with van der Waals surface area (Å²) in [5, 5.41) is 9.43. The van der Waals surface area contributed by atoms with E-state index >= 15 is 0 Å². The van der Waals surface area contributed by atoms with Gasteiger partial charge < -0.3 is 10.0 Å². The van der Waals surface area contributed by atoms with Crippen LogP contribution in [0.3, 0.4) is 0 Å². The van der Waals surface area contributed by atoms with Crippen LogP contribution in [0.1, 0.15) is 13.3 Å². The van der Waals surface area contributed by atoms with Gasteiger partial charge in [-0.15, -0.1) is 0 Å². The summed E-state index contributed by atoms with van der Waals surface area (Å²) in [7, 11) is 0. The fourth-order valence-electron chi connectivity index (χ4n) is 2.01. The Hall–Kier alpha value is -1.23. The van der Waals surface area contributed by atoms with Crippen molar-refractivity contribution in [3.63, 3.8) is 0 Å². The van der Waals surface area contributed by atoms with Crippen molar-refractivity contribution < 1.29 is 13.9 Å². The fraction of sp³-hybridized carbons (Fsp3) is 0.545. The van der Waals surface area contributed by atoms with Gasteiger partial charge in [-0.25, -0.2) is 13.8 Å². The minimum Gasteiger partial charge on any atom is -0.393 e. The van der Waals surface area contributed by atoms with Crippen molar-refractivity contribution in [1.82, 2.24) is 4.98 Å². The SMILES string of the molecule is CC(O)C1CCN(c2ncc(F)cc2F)C1. The highest BCUT2D eigenvalue weighted by Gasteiger charge is 2.28. The highest BCUT2D eigenvalue weighted by atomic mass is 19.1. The average molecular weight is 228 g/mol. The second-order valence-corrected chi connectivity index (χ2v) is 4.19. The maximum atomic E-state index is 13.4. The van der Waals surface area contributed by atoms with Gasteiger partial charge in [-0.1, -0.05) is 0 Å². The van der Waals surface area contributed by atoms with Crippen molar-refractivity contribution in [2.75, 3.05) is 18.0 Å². The number of hydrogen-bond acceptors (Lipinski definition) is 3. The van der Waals surface area contributed by atoms with Crippen LogP contribution in [0.4, 0.5) is 14.6 Å². The van der Waals surface area contributed by atoms with Crippen molar-refractivity contribution >= 4 is 5.82 Å². The smallest absolute Gasteiger partial charge is 0.168 e. The molecular weight excluding hydrogens is 214 g/mol. The third-order valence-electron chi connectivity index (χ3n) is 2.99. The van der Waals surface area contributed by atoms with Crippen LogP contribution in [0.5, 0.6) is 0 Å². The van der Waals surface area contributed by atoms with E-state index in [0.29, 0.717) is 13.1 Å². The molecule has 1 saturated heterocycles. The lowest BCUT2D eigenvalue weighted by molar-refractivity contribution is 0.136. The quantitative estimate of drug-likeness (QED) is 0.834. The molecule has 0 saturated carbocycles. The van der Waals surface area contributed by atoms with E-state index in [9.17, 15) is 13.9 Å². The molecule has 0 amide bonds. The van der Waals surface area contributed by atoms with E-state index in [-0.39, 0.29) is 11.7 Å². The van der Waals surface area contributed by atoms with Crippen LogP contribution >= 0.6 is 0 Å². The van der Waals surface area contributed by atoms with E-state index < -0.39 is 17.7 Å². The van der Waals surface area contributed by atoms with Crippen LogP contribution in [0.25, 0.3) is 0 Å². The van der Waals surface area contributed by atoms with Gasteiger partial charge in [0.05, 0.1) is 12.3 Å². The molecule has 0 radical (unpaired) electrons. The van der Waals surface area contributed by atoms with Crippen molar-refractivity contribution in [2.24, 2.45) is 5.92 Å². The Morgan fingerprint density at radius 3 is 2.88 bits per heavy atom. The molecule has 2 rings (SSSR count). The molecule has 1 N–H and O–H groups in total. The molecule has 1 aromatic heterocycles. The van der Waals surface area contributed by atoms with Crippen molar-refractivity contribution in [1.29, 1.82) is 0 Å². The molecule has 5 heteroatoms. The van der Waals surface area contributed by atoms with E-state index in [4.69, 9.17) is 0 Å². The first-order chi connectivity index (χ1) is 7.58. The zero-order chi connectivity index (χ0) is 11.7. The van der Waals surface area contributed by atoms with Crippen LogP contribution in [0.2, 0.25) is 0 Å². The first kappa shape index (κ1) is 11.3. The zero-order valence-corrected chi connectivity index (χ0v) is 9.03. The number of anilines is 1. The minimum atomic E-state index is -0.674. The number of hydrogen-bond donors (Lipinski definition) is 1. The molecule has 0 bridgehead atoms. The second-order valence-electron chi connectivity index (χ2n) is 4.19. The number of pyridine rings is 1. The minimum absolute atomic E-state index is 0.131. The molecule has 0 spiro atoms. The van der Waals surface area contributed by atoms with Crippen LogP contribution < -0.4 is 4.90 Å². The Balaban J connectivity index is 2.14. The van der Waals surface area contributed by atoms with E-state index in [1.807, 2.05) is 0 Å². The fourth-order valence-corrected chi connectivity index (χ4v) is 2.01. The third kappa shape index (κ3) is 2.14. The lowest BCUT2D eigenvalue weighted by Crippen LogP contribution is -2.25. The summed E-state index contributed by atoms with van der Waals surface area (Å²) in [6, 6.07) is 0.831. The molecule has 1 aliphatic heterocycles. The molecule has 2 heterocycles. The Morgan fingerprint density at radius 1 is 1.56 bits per heavy atom. The predicted octanol–water partition coefficient (Wildman–Crippen LogP) is 1.57. The standard InChI is InChI=1S/C11H14F2N2O/c1-7(16)8-2-3-15(6-8)11-10(13)4-9(12)5-14-11/h4-5,7-8,16H,2-3,6H2,1H3. The Kier molecular flexibility index (Phi) is 3.05. The summed E-state index contributed by atoms with van der Waals surface area (Å²) in [4.78, 5) is 5.49. The van der Waals surface area contributed by atoms with Gasteiger partial charge in [0.15, 0.2) is 11.6 Å². The molecule has 0 aliphatic carbocycles. The number of halogens is 2. The van der Waals surface area contributed by atoms with Gasteiger partial charge in [0.25, 0.3) is 0 Å². The predicted molar refractivity (Wildman–Crippen MR) is 56.2 cm³/mol. The molecule has 1 aliphatic rings. The zero-order valence-electron chi connectivity index (χ0n) is 9.03. The topological polar surface area (TPSA) is 36.4 Å². The first-order valence-electron chi connectivity index (χ1n) is 5.32. The normalized spacial score (nSPS) is 22.5. The summed E-state index contributed by atoms with van der Waals surface area (Å²) in [5.74, 6) is -1.02. The van der Waals surface area contributed by atoms with Gasteiger partial charge in [0, 0.05) is 25.1 Å². The molecular formula is C11H14F2N2O. The Labute approximate surface area is 92.7 Å². The van der Waals surface area contributed by atoms with Gasteiger partial charge >= 0.3 is 0 Å². The van der Waals surface area contributed by atoms with Gasteiger partial charge in [0.2, 0.25) is 0 Å². The van der Waals surface area contributed by atoms with Gasteiger partial charge in [0.1, 0.15) is 5.82 Å². The lowest BCUT2D eigenvalue weighted by Gasteiger charge is -2.18. The second kappa shape index (κ2) is 4.33. The van der Waals surface area contributed by atoms with Crippen molar-refractivity contribution in [3.05, 3.63) is 23.9 Å². The summed E-state index contributed by atoms with van der Waals surface area (Å²) in [6.07, 6.45) is 1.40. The van der Waals surface area contributed by atoms with Gasteiger partial charge in [-0.3, -0.25) is 0 Å². The Bertz CT molecular complexity index is 384. The number of aliphatic hydroxyl groups is 1. The molecule has 16 heavy (non-hydrogen) atoms. The summed E-state index contributed by atoms with van der Waals surface area (Å²) < 4.78 is 26.1. The van der Waals surface area contributed by atoms with E-state index in [2.05, 4.69) is 4.98 Å². The molecule has 2 unspecified atom stereocenters. The van der Waals surface area contributed by atoms with E-state index in [1.54, 1.807) is 11.8 Å². The lowest BCUT2D eigenvalue weighted by atomic mass is 10.0. The van der Waals surface area contributed by atoms with Gasteiger partial charge in [-0.2, -0.15) is 0 Å². The number of aromatic nitrogens is 1. The average Bonchev–Trinajstić information content (AvgIpc) is 2.66. The van der Waals surface area contributed by atoms with Crippen LogP contribution in [0, 0.1) is 17.6 Å². The third-order valence-corrected chi connectivity index (χ3v) is 2.99. The maximum absolute atomic E-state index is 13.4. The first-order valence-corrected chi connectivity index (χ1v) is 5.32. The Morgan fingerprint density at radius 2 is 2.31 bits per heavy atom. The highest BCUT2D eigenvalue weighted by Crippen LogP contribution is 2.26. The molecule has 2 atom stereocenters. The molecule has 0 aromatic carbocycles. The number of nitrogens with zero attached hydrogens (tertiary/aromatic N) is 2. The summed E-state index contributed by atoms with van der Waals surface area (Å²) in [6.45, 7) is 2.93. The molecule has 1 aromatic rings. The van der Waals surface area contributed by atoms with Crippen molar-refractivity contribution in [3.8, 4) is 0 Å². The largest absolute Gasteiger partial charge is 0.393 e. The summed E-state index contributed by atoms with van der Waals surface area (Å²) in [5.41, 5.74) is 0. The highest BCUT2D eigenvalue weighted by molar-refractivity contribution is 5.41. The maximum Gasteiger partial charge on any atom is 0.168 e. The monoisotopic (exact) mass is 228 g/mol. The van der Waals surface area contributed by atoms with Crippen LogP contribution in [0.15, 0.2) is 12.3 Å². The van der Waals surface area contributed by atoms with Crippen molar-refractivity contribution in [2.45, 2.75) is 19.4 Å². The van der Waals surface area contributed by atoms with Crippen LogP contribution in [-0.4, -0.2) is 29.3 Å². The molecule has 1 fully saturated rings. The number of rotatable bonds is 2. The van der Waals surface area contributed by atoms with Gasteiger partial charge in [-0.05, 0) is 13.3 Å². The van der Waals surface area contributed by atoms with E-state index in [1.165, 1.54) is 0 Å². The molecule has 88 valence electrons. The van der Waals surface area contributed by atoms with Crippen LogP contribution in [-0.2, 0) is 0 Å². The molecule has 3 nitrogen and oxygen atoms in total.